The van der Waals surface area contributed by atoms with Gasteiger partial charge in [0.2, 0.25) is 0 Å². The lowest BCUT2D eigenvalue weighted by molar-refractivity contribution is 0.0521. The number of hydrogen-bond acceptors (Lipinski definition) is 5. The van der Waals surface area contributed by atoms with E-state index in [4.69, 9.17) is 15.2 Å². The molecule has 0 bridgehead atoms. The van der Waals surface area contributed by atoms with E-state index in [0.29, 0.717) is 25.6 Å². The average Bonchev–Trinajstić information content (AvgIpc) is 2.71. The van der Waals surface area contributed by atoms with Crippen molar-refractivity contribution in [1.29, 1.82) is 0 Å². The van der Waals surface area contributed by atoms with Crippen LogP contribution in [-0.2, 0) is 16.0 Å². The summed E-state index contributed by atoms with van der Waals surface area (Å²) in [4.78, 5) is 15.4. The molecule has 0 aliphatic rings. The van der Waals surface area contributed by atoms with Crippen LogP contribution in [0.2, 0.25) is 0 Å². The molecular weight excluding hydrogens is 234 g/mol. The van der Waals surface area contributed by atoms with Gasteiger partial charge in [0.05, 0.1) is 19.5 Å². The summed E-state index contributed by atoms with van der Waals surface area (Å²) in [6, 6.07) is 0. The van der Waals surface area contributed by atoms with Crippen LogP contribution in [-0.4, -0.2) is 35.3 Å². The summed E-state index contributed by atoms with van der Waals surface area (Å²) < 4.78 is 12.0. The summed E-state index contributed by atoms with van der Waals surface area (Å²) >= 11 is 0. The van der Waals surface area contributed by atoms with E-state index in [-0.39, 0.29) is 5.69 Å². The number of nitrogens with zero attached hydrogens (tertiary/aromatic N) is 2. The van der Waals surface area contributed by atoms with Gasteiger partial charge in [-0.1, -0.05) is 13.3 Å². The highest BCUT2D eigenvalue weighted by molar-refractivity contribution is 5.92. The van der Waals surface area contributed by atoms with E-state index in [1.807, 2.05) is 0 Å². The summed E-state index contributed by atoms with van der Waals surface area (Å²) in [5.74, 6) is -0.159. The molecule has 18 heavy (non-hydrogen) atoms. The maximum absolute atomic E-state index is 11.5. The van der Waals surface area contributed by atoms with Crippen LogP contribution in [0.5, 0.6) is 0 Å². The molecule has 0 saturated heterocycles. The molecular formula is C12H21N3O3. The first-order valence-corrected chi connectivity index (χ1v) is 6.26. The standard InChI is InChI=1S/C12H21N3O3/c1-3-5-7-17-8-6-15-9-14-10(11(15)13)12(16)18-4-2/h9H,3-8,13H2,1-2H3. The molecule has 1 rings (SSSR count). The van der Waals surface area contributed by atoms with Gasteiger partial charge >= 0.3 is 5.97 Å². The van der Waals surface area contributed by atoms with Crippen LogP contribution in [0, 0.1) is 0 Å². The van der Waals surface area contributed by atoms with Crippen LogP contribution in [0.25, 0.3) is 0 Å². The number of anilines is 1. The fourth-order valence-corrected chi connectivity index (χ4v) is 1.44. The minimum absolute atomic E-state index is 0.172. The Morgan fingerprint density at radius 2 is 2.22 bits per heavy atom. The van der Waals surface area contributed by atoms with Gasteiger partial charge in [-0.2, -0.15) is 0 Å². The first-order valence-electron chi connectivity index (χ1n) is 6.26. The highest BCUT2D eigenvalue weighted by Crippen LogP contribution is 2.11. The van der Waals surface area contributed by atoms with Gasteiger partial charge in [-0.15, -0.1) is 0 Å². The number of nitrogen functional groups attached to an aromatic ring is 1. The molecule has 2 N–H and O–H groups in total. The van der Waals surface area contributed by atoms with Gasteiger partial charge in [0.15, 0.2) is 5.69 Å². The van der Waals surface area contributed by atoms with Crippen LogP contribution in [0.1, 0.15) is 37.2 Å². The number of aromatic nitrogens is 2. The largest absolute Gasteiger partial charge is 0.461 e. The highest BCUT2D eigenvalue weighted by Gasteiger charge is 2.16. The second-order valence-electron chi connectivity index (χ2n) is 3.86. The van der Waals surface area contributed by atoms with Crippen LogP contribution in [0.4, 0.5) is 5.82 Å². The zero-order valence-electron chi connectivity index (χ0n) is 11.0. The molecule has 0 unspecified atom stereocenters. The number of hydrogen-bond donors (Lipinski definition) is 1. The topological polar surface area (TPSA) is 79.4 Å². The summed E-state index contributed by atoms with van der Waals surface area (Å²) in [7, 11) is 0. The van der Waals surface area contributed by atoms with Crippen molar-refractivity contribution in [3.05, 3.63) is 12.0 Å². The Balaban J connectivity index is 2.45. The molecule has 0 atom stereocenters. The number of nitrogens with two attached hydrogens (primary N) is 1. The molecule has 1 heterocycles. The number of ether oxygens (including phenoxy) is 2. The van der Waals surface area contributed by atoms with Crippen LogP contribution in [0.15, 0.2) is 6.33 Å². The molecule has 0 amide bonds. The molecule has 6 heteroatoms. The van der Waals surface area contributed by atoms with Crippen LogP contribution in [0.3, 0.4) is 0 Å². The van der Waals surface area contributed by atoms with Crippen molar-refractivity contribution in [2.24, 2.45) is 0 Å². The quantitative estimate of drug-likeness (QED) is 0.562. The second kappa shape index (κ2) is 7.71. The first-order chi connectivity index (χ1) is 8.70. The molecule has 0 radical (unpaired) electrons. The minimum atomic E-state index is -0.486. The summed E-state index contributed by atoms with van der Waals surface area (Å²) in [6.45, 7) is 6.06. The van der Waals surface area contributed by atoms with Crippen molar-refractivity contribution in [2.45, 2.75) is 33.2 Å². The number of esters is 1. The third-order valence-corrected chi connectivity index (χ3v) is 2.47. The number of carbonyl (C=O) groups is 1. The Morgan fingerprint density at radius 3 is 2.89 bits per heavy atom. The van der Waals surface area contributed by atoms with Crippen molar-refractivity contribution in [3.63, 3.8) is 0 Å². The Labute approximate surface area is 107 Å². The molecule has 1 aromatic rings. The summed E-state index contributed by atoms with van der Waals surface area (Å²) in [5.41, 5.74) is 5.99. The van der Waals surface area contributed by atoms with Crippen molar-refractivity contribution in [2.75, 3.05) is 25.6 Å². The third-order valence-electron chi connectivity index (χ3n) is 2.47. The first kappa shape index (κ1) is 14.5. The van der Waals surface area contributed by atoms with Gasteiger partial charge in [-0.25, -0.2) is 9.78 Å². The smallest absolute Gasteiger partial charge is 0.360 e. The van der Waals surface area contributed by atoms with Gasteiger partial charge in [-0.3, -0.25) is 0 Å². The summed E-state index contributed by atoms with van der Waals surface area (Å²) in [5, 5.41) is 0. The minimum Gasteiger partial charge on any atom is -0.461 e. The molecule has 0 saturated carbocycles. The number of rotatable bonds is 8. The van der Waals surface area contributed by atoms with E-state index in [1.165, 1.54) is 6.33 Å². The second-order valence-corrected chi connectivity index (χ2v) is 3.86. The molecule has 1 aromatic heterocycles. The third kappa shape index (κ3) is 4.03. The maximum Gasteiger partial charge on any atom is 0.360 e. The van der Waals surface area contributed by atoms with Crippen molar-refractivity contribution in [3.8, 4) is 0 Å². The fraction of sp³-hybridized carbons (Fsp3) is 0.667. The van der Waals surface area contributed by atoms with Gasteiger partial charge in [0.1, 0.15) is 5.82 Å². The van der Waals surface area contributed by atoms with Crippen LogP contribution < -0.4 is 5.73 Å². The average molecular weight is 255 g/mol. The van der Waals surface area contributed by atoms with Gasteiger partial charge in [-0.05, 0) is 13.3 Å². The molecule has 0 aliphatic heterocycles. The van der Waals surface area contributed by atoms with Crippen LogP contribution >= 0.6 is 0 Å². The Kier molecular flexibility index (Phi) is 6.21. The lowest BCUT2D eigenvalue weighted by Crippen LogP contribution is -2.12. The molecule has 6 nitrogen and oxygen atoms in total. The molecule has 102 valence electrons. The molecule has 0 aromatic carbocycles. The lowest BCUT2D eigenvalue weighted by atomic mass is 10.4. The summed E-state index contributed by atoms with van der Waals surface area (Å²) in [6.07, 6.45) is 3.69. The molecule has 0 aliphatic carbocycles. The van der Waals surface area contributed by atoms with E-state index in [0.717, 1.165) is 19.4 Å². The maximum atomic E-state index is 11.5. The van der Waals surface area contributed by atoms with Gasteiger partial charge in [0, 0.05) is 13.2 Å². The number of imidazole rings is 1. The predicted molar refractivity (Wildman–Crippen MR) is 68.3 cm³/mol. The Hall–Kier alpha value is -1.56. The molecule has 0 spiro atoms. The Bertz CT molecular complexity index is 377. The van der Waals surface area contributed by atoms with E-state index in [9.17, 15) is 4.79 Å². The lowest BCUT2D eigenvalue weighted by Gasteiger charge is -2.06. The Morgan fingerprint density at radius 1 is 1.44 bits per heavy atom. The monoisotopic (exact) mass is 255 g/mol. The fourth-order valence-electron chi connectivity index (χ4n) is 1.44. The predicted octanol–water partition coefficient (Wildman–Crippen LogP) is 1.46. The van der Waals surface area contributed by atoms with E-state index in [2.05, 4.69) is 11.9 Å². The van der Waals surface area contributed by atoms with Crippen molar-refractivity contribution >= 4 is 11.8 Å². The van der Waals surface area contributed by atoms with E-state index < -0.39 is 5.97 Å². The zero-order chi connectivity index (χ0) is 13.4. The van der Waals surface area contributed by atoms with Crippen molar-refractivity contribution in [1.82, 2.24) is 9.55 Å². The highest BCUT2D eigenvalue weighted by atomic mass is 16.5. The van der Waals surface area contributed by atoms with Gasteiger partial charge in [0.25, 0.3) is 0 Å². The molecule has 0 fully saturated rings. The van der Waals surface area contributed by atoms with E-state index >= 15 is 0 Å². The van der Waals surface area contributed by atoms with E-state index in [1.54, 1.807) is 11.5 Å². The number of unbranched alkanes of at least 4 members (excludes halogenated alkanes) is 1. The number of carbonyl (C=O) groups excluding carboxylic acids is 1. The SMILES string of the molecule is CCCCOCCn1cnc(C(=O)OCC)c1N. The van der Waals surface area contributed by atoms with Crippen molar-refractivity contribution < 1.29 is 14.3 Å². The normalized spacial score (nSPS) is 10.6. The zero-order valence-corrected chi connectivity index (χ0v) is 11.0. The van der Waals surface area contributed by atoms with Gasteiger partial charge < -0.3 is 19.8 Å².